The second kappa shape index (κ2) is 6.71. The Morgan fingerprint density at radius 2 is 2.19 bits per heavy atom. The molecule has 1 N–H and O–H groups in total. The molecule has 2 heterocycles. The van der Waals surface area contributed by atoms with E-state index in [-0.39, 0.29) is 10.6 Å². The van der Waals surface area contributed by atoms with Gasteiger partial charge >= 0.3 is 0 Å². The topological polar surface area (TPSA) is 74.5 Å². The van der Waals surface area contributed by atoms with Gasteiger partial charge in [0.25, 0.3) is 5.69 Å². The van der Waals surface area contributed by atoms with Gasteiger partial charge in [0, 0.05) is 26.2 Å². The zero-order valence-corrected chi connectivity index (χ0v) is 12.9. The number of rotatable bonds is 6. The summed E-state index contributed by atoms with van der Waals surface area (Å²) in [5, 5.41) is 13.9. The fourth-order valence-corrected chi connectivity index (χ4v) is 2.89. The number of nitrogens with zero attached hydrogens (tertiary/aromatic N) is 4. The Kier molecular flexibility index (Phi) is 4.95. The molecule has 0 aliphatic carbocycles. The van der Waals surface area contributed by atoms with Crippen molar-refractivity contribution in [3.8, 4) is 0 Å². The fourth-order valence-electron chi connectivity index (χ4n) is 2.89. The van der Waals surface area contributed by atoms with Gasteiger partial charge in [0.05, 0.1) is 17.1 Å². The average Bonchev–Trinajstić information content (AvgIpc) is 2.97. The highest BCUT2D eigenvalue weighted by molar-refractivity contribution is 5.56. The number of nitrogens with one attached hydrogen (secondary N) is 1. The van der Waals surface area contributed by atoms with Crippen molar-refractivity contribution >= 4 is 17.3 Å². The van der Waals surface area contributed by atoms with Crippen LogP contribution in [0.4, 0.5) is 17.3 Å². The van der Waals surface area contributed by atoms with Gasteiger partial charge in [-0.1, -0.05) is 13.8 Å². The molecule has 1 aliphatic rings. The lowest BCUT2D eigenvalue weighted by Gasteiger charge is -2.26. The third-order valence-corrected chi connectivity index (χ3v) is 4.08. The quantitative estimate of drug-likeness (QED) is 0.638. The molecule has 1 unspecified atom stereocenters. The zero-order valence-electron chi connectivity index (χ0n) is 12.9. The molecule has 0 amide bonds. The standard InChI is InChI=1S/C14H23N5O2/c1-4-17(5-2)11-6-7-18(10-11)14-9-12(19(20)21)8-13(15-3)16-14/h8-9,11H,4-7,10H2,1-3H3,(H,15,16). The molecule has 0 radical (unpaired) electrons. The first-order valence-electron chi connectivity index (χ1n) is 7.42. The van der Waals surface area contributed by atoms with E-state index in [1.54, 1.807) is 13.1 Å². The molecular formula is C14H23N5O2. The molecule has 7 nitrogen and oxygen atoms in total. The molecule has 2 rings (SSSR count). The van der Waals surface area contributed by atoms with Crippen molar-refractivity contribution in [1.29, 1.82) is 0 Å². The number of hydrogen-bond acceptors (Lipinski definition) is 6. The van der Waals surface area contributed by atoms with Gasteiger partial charge in [0.2, 0.25) is 0 Å². The highest BCUT2D eigenvalue weighted by Crippen LogP contribution is 2.27. The fraction of sp³-hybridized carbons (Fsp3) is 0.643. The number of anilines is 2. The SMILES string of the molecule is CCN(CC)C1CCN(c2cc([N+](=O)[O-])cc(NC)n2)C1. The Morgan fingerprint density at radius 3 is 2.76 bits per heavy atom. The van der Waals surface area contributed by atoms with Crippen molar-refractivity contribution in [3.63, 3.8) is 0 Å². The lowest BCUT2D eigenvalue weighted by Crippen LogP contribution is -2.37. The van der Waals surface area contributed by atoms with Crippen LogP contribution in [0.5, 0.6) is 0 Å². The van der Waals surface area contributed by atoms with Gasteiger partial charge in [0.1, 0.15) is 11.6 Å². The van der Waals surface area contributed by atoms with E-state index in [0.29, 0.717) is 17.7 Å². The molecule has 1 aliphatic heterocycles. The van der Waals surface area contributed by atoms with E-state index in [1.807, 2.05) is 0 Å². The number of likely N-dealkylation sites (N-methyl/N-ethyl adjacent to an activating group) is 1. The number of hydrogen-bond donors (Lipinski definition) is 1. The Balaban J connectivity index is 2.19. The second-order valence-corrected chi connectivity index (χ2v) is 5.19. The van der Waals surface area contributed by atoms with Crippen LogP contribution >= 0.6 is 0 Å². The average molecular weight is 293 g/mol. The van der Waals surface area contributed by atoms with Gasteiger partial charge in [-0.25, -0.2) is 4.98 Å². The van der Waals surface area contributed by atoms with E-state index in [1.165, 1.54) is 6.07 Å². The molecule has 7 heteroatoms. The number of nitro groups is 1. The van der Waals surface area contributed by atoms with Crippen LogP contribution in [-0.4, -0.2) is 54.1 Å². The Bertz CT molecular complexity index is 504. The molecule has 0 saturated carbocycles. The van der Waals surface area contributed by atoms with Crippen LogP contribution in [0.3, 0.4) is 0 Å². The maximum atomic E-state index is 11.0. The summed E-state index contributed by atoms with van der Waals surface area (Å²) in [7, 11) is 1.72. The largest absolute Gasteiger partial charge is 0.373 e. The third kappa shape index (κ3) is 3.41. The summed E-state index contributed by atoms with van der Waals surface area (Å²) in [6.07, 6.45) is 1.07. The molecule has 21 heavy (non-hydrogen) atoms. The van der Waals surface area contributed by atoms with Crippen LogP contribution in [-0.2, 0) is 0 Å². The van der Waals surface area contributed by atoms with E-state index in [0.717, 1.165) is 32.6 Å². The summed E-state index contributed by atoms with van der Waals surface area (Å²) in [5.74, 6) is 1.22. The summed E-state index contributed by atoms with van der Waals surface area (Å²) in [4.78, 5) is 19.7. The van der Waals surface area contributed by atoms with E-state index >= 15 is 0 Å². The van der Waals surface area contributed by atoms with Crippen molar-refractivity contribution < 1.29 is 4.92 Å². The Hall–Kier alpha value is -1.89. The first kappa shape index (κ1) is 15.5. The Labute approximate surface area is 125 Å². The van der Waals surface area contributed by atoms with Gasteiger partial charge in [-0.15, -0.1) is 0 Å². The summed E-state index contributed by atoms with van der Waals surface area (Å²) in [6, 6.07) is 3.52. The van der Waals surface area contributed by atoms with Crippen LogP contribution in [0, 0.1) is 10.1 Å². The number of pyridine rings is 1. The molecule has 1 aromatic heterocycles. The van der Waals surface area contributed by atoms with Crippen LogP contribution in [0.1, 0.15) is 20.3 Å². The molecule has 0 aromatic carbocycles. The minimum Gasteiger partial charge on any atom is -0.373 e. The lowest BCUT2D eigenvalue weighted by atomic mass is 10.2. The van der Waals surface area contributed by atoms with Crippen molar-refractivity contribution in [2.45, 2.75) is 26.3 Å². The molecule has 1 atom stereocenters. The van der Waals surface area contributed by atoms with Crippen molar-refractivity contribution in [2.24, 2.45) is 0 Å². The predicted molar refractivity (Wildman–Crippen MR) is 84.0 cm³/mol. The highest BCUT2D eigenvalue weighted by atomic mass is 16.6. The van der Waals surface area contributed by atoms with Gasteiger partial charge in [0.15, 0.2) is 0 Å². The van der Waals surface area contributed by atoms with Gasteiger partial charge in [-0.2, -0.15) is 0 Å². The van der Waals surface area contributed by atoms with E-state index in [9.17, 15) is 10.1 Å². The summed E-state index contributed by atoms with van der Waals surface area (Å²) >= 11 is 0. The van der Waals surface area contributed by atoms with Gasteiger partial charge in [-0.3, -0.25) is 15.0 Å². The van der Waals surface area contributed by atoms with Crippen LogP contribution in [0.15, 0.2) is 12.1 Å². The van der Waals surface area contributed by atoms with Gasteiger partial charge < -0.3 is 10.2 Å². The first-order chi connectivity index (χ1) is 10.1. The normalized spacial score (nSPS) is 18.3. The van der Waals surface area contributed by atoms with Crippen molar-refractivity contribution in [3.05, 3.63) is 22.2 Å². The zero-order chi connectivity index (χ0) is 15.4. The van der Waals surface area contributed by atoms with E-state index < -0.39 is 0 Å². The highest BCUT2D eigenvalue weighted by Gasteiger charge is 2.28. The summed E-state index contributed by atoms with van der Waals surface area (Å²) in [5.41, 5.74) is 0.0793. The van der Waals surface area contributed by atoms with E-state index in [4.69, 9.17) is 0 Å². The number of aromatic nitrogens is 1. The maximum Gasteiger partial charge on any atom is 0.276 e. The maximum absolute atomic E-state index is 11.0. The molecule has 1 saturated heterocycles. The van der Waals surface area contributed by atoms with Crippen LogP contribution < -0.4 is 10.2 Å². The lowest BCUT2D eigenvalue weighted by molar-refractivity contribution is -0.384. The van der Waals surface area contributed by atoms with Gasteiger partial charge in [-0.05, 0) is 19.5 Å². The smallest absolute Gasteiger partial charge is 0.276 e. The second-order valence-electron chi connectivity index (χ2n) is 5.19. The van der Waals surface area contributed by atoms with Crippen LogP contribution in [0.25, 0.3) is 0 Å². The monoisotopic (exact) mass is 293 g/mol. The van der Waals surface area contributed by atoms with Crippen molar-refractivity contribution in [1.82, 2.24) is 9.88 Å². The predicted octanol–water partition coefficient (Wildman–Crippen LogP) is 1.95. The molecule has 0 bridgehead atoms. The first-order valence-corrected chi connectivity index (χ1v) is 7.42. The van der Waals surface area contributed by atoms with Crippen molar-refractivity contribution in [2.75, 3.05) is 43.4 Å². The molecule has 116 valence electrons. The molecule has 1 aromatic rings. The molecular weight excluding hydrogens is 270 g/mol. The van der Waals surface area contributed by atoms with E-state index in [2.05, 4.69) is 33.9 Å². The minimum atomic E-state index is -0.371. The summed E-state index contributed by atoms with van der Waals surface area (Å²) in [6.45, 7) is 8.14. The molecule has 1 fully saturated rings. The Morgan fingerprint density at radius 1 is 1.48 bits per heavy atom. The third-order valence-electron chi connectivity index (χ3n) is 4.08. The van der Waals surface area contributed by atoms with Crippen LogP contribution in [0.2, 0.25) is 0 Å². The minimum absolute atomic E-state index is 0.0793. The summed E-state index contributed by atoms with van der Waals surface area (Å²) < 4.78 is 0. The molecule has 0 spiro atoms.